The lowest BCUT2D eigenvalue weighted by atomic mass is 9.99. The summed E-state index contributed by atoms with van der Waals surface area (Å²) in [5.41, 5.74) is 6.95. The number of nitrogen functional groups attached to an aromatic ring is 1. The first-order chi connectivity index (χ1) is 10.3. The summed E-state index contributed by atoms with van der Waals surface area (Å²) < 4.78 is 41.2. The van der Waals surface area contributed by atoms with Crippen LogP contribution in [0.15, 0.2) is 24.5 Å². The third kappa shape index (κ3) is 3.10. The molecular weight excluding hydrogens is 291 g/mol. The molecule has 120 valence electrons. The Bertz CT molecular complexity index is 659. The van der Waals surface area contributed by atoms with Gasteiger partial charge in [0.1, 0.15) is 5.82 Å². The molecule has 3 nitrogen and oxygen atoms in total. The molecule has 2 N–H and O–H groups in total. The first kappa shape index (κ1) is 16.4. The highest BCUT2D eigenvalue weighted by molar-refractivity contribution is 5.41. The highest BCUT2D eigenvalue weighted by Crippen LogP contribution is 2.37. The average molecular weight is 311 g/mol. The second kappa shape index (κ2) is 6.02. The zero-order valence-electron chi connectivity index (χ0n) is 12.9. The summed E-state index contributed by atoms with van der Waals surface area (Å²) in [4.78, 5) is 3.99. The Morgan fingerprint density at radius 3 is 2.59 bits per heavy atom. The molecular formula is C16H20F3N3. The summed E-state index contributed by atoms with van der Waals surface area (Å²) in [6.07, 6.45) is -0.831. The Hall–Kier alpha value is -1.98. The summed E-state index contributed by atoms with van der Waals surface area (Å²) in [6.45, 7) is 5.72. The smallest absolute Gasteiger partial charge is 0.383 e. The molecule has 0 aromatic carbocycles. The van der Waals surface area contributed by atoms with E-state index < -0.39 is 11.7 Å². The van der Waals surface area contributed by atoms with Gasteiger partial charge in [0.15, 0.2) is 0 Å². The first-order valence-corrected chi connectivity index (χ1v) is 7.21. The predicted molar refractivity (Wildman–Crippen MR) is 80.6 cm³/mol. The van der Waals surface area contributed by atoms with Crippen LogP contribution in [0.5, 0.6) is 0 Å². The van der Waals surface area contributed by atoms with Crippen molar-refractivity contribution in [1.82, 2.24) is 9.55 Å². The second-order valence-corrected chi connectivity index (χ2v) is 5.54. The Morgan fingerprint density at radius 2 is 2.05 bits per heavy atom. The molecule has 0 radical (unpaired) electrons. The van der Waals surface area contributed by atoms with Crippen LogP contribution in [0.2, 0.25) is 0 Å². The van der Waals surface area contributed by atoms with E-state index in [0.717, 1.165) is 12.0 Å². The molecule has 2 heterocycles. The number of hydrogen-bond donors (Lipinski definition) is 1. The van der Waals surface area contributed by atoms with Crippen LogP contribution in [0, 0.1) is 6.92 Å². The first-order valence-electron chi connectivity index (χ1n) is 7.21. The number of pyridine rings is 1. The van der Waals surface area contributed by atoms with Crippen LogP contribution >= 0.6 is 0 Å². The van der Waals surface area contributed by atoms with Gasteiger partial charge in [-0.05, 0) is 30.9 Å². The van der Waals surface area contributed by atoms with Crippen LogP contribution in [-0.2, 0) is 12.7 Å². The second-order valence-electron chi connectivity index (χ2n) is 5.54. The largest absolute Gasteiger partial charge is 0.418 e. The maximum Gasteiger partial charge on any atom is 0.418 e. The molecule has 0 spiro atoms. The summed E-state index contributed by atoms with van der Waals surface area (Å²) in [6, 6.07) is 3.51. The van der Waals surface area contributed by atoms with Gasteiger partial charge in [-0.25, -0.2) is 4.98 Å². The fourth-order valence-electron chi connectivity index (χ4n) is 2.71. The fraction of sp³-hybridized carbons (Fsp3) is 0.438. The lowest BCUT2D eigenvalue weighted by molar-refractivity contribution is -0.138. The van der Waals surface area contributed by atoms with Crippen molar-refractivity contribution in [2.75, 3.05) is 5.73 Å². The van der Waals surface area contributed by atoms with E-state index >= 15 is 0 Å². The number of alkyl halides is 3. The maximum atomic E-state index is 13.2. The van der Waals surface area contributed by atoms with Crippen molar-refractivity contribution in [3.05, 3.63) is 46.9 Å². The minimum absolute atomic E-state index is 0.0361. The van der Waals surface area contributed by atoms with Gasteiger partial charge in [0, 0.05) is 23.7 Å². The van der Waals surface area contributed by atoms with Gasteiger partial charge in [0.25, 0.3) is 0 Å². The highest BCUT2D eigenvalue weighted by atomic mass is 19.4. The number of nitrogens with zero attached hydrogens (tertiary/aromatic N) is 2. The van der Waals surface area contributed by atoms with Gasteiger partial charge >= 0.3 is 6.18 Å². The third-order valence-electron chi connectivity index (χ3n) is 4.03. The Labute approximate surface area is 128 Å². The van der Waals surface area contributed by atoms with E-state index in [1.165, 1.54) is 13.1 Å². The number of aromatic nitrogens is 2. The predicted octanol–water partition coefficient (Wildman–Crippen LogP) is 4.35. The molecule has 0 aliphatic rings. The van der Waals surface area contributed by atoms with Gasteiger partial charge < -0.3 is 10.3 Å². The molecule has 0 aliphatic carbocycles. The normalized spacial score (nSPS) is 13.4. The SMILES string of the molecule is CCC(C)c1c(C)c(C(F)(F)F)cn1Cc1cccnc1N. The minimum atomic E-state index is -4.35. The van der Waals surface area contributed by atoms with Crippen molar-refractivity contribution in [2.45, 2.75) is 45.8 Å². The van der Waals surface area contributed by atoms with Gasteiger partial charge in [0.05, 0.1) is 12.1 Å². The van der Waals surface area contributed by atoms with E-state index in [9.17, 15) is 13.2 Å². The molecule has 0 fully saturated rings. The van der Waals surface area contributed by atoms with Gasteiger partial charge in [0.2, 0.25) is 0 Å². The third-order valence-corrected chi connectivity index (χ3v) is 4.03. The van der Waals surface area contributed by atoms with Crippen LogP contribution in [0.3, 0.4) is 0 Å². The average Bonchev–Trinajstić information content (AvgIpc) is 2.77. The molecule has 22 heavy (non-hydrogen) atoms. The molecule has 0 aliphatic heterocycles. The van der Waals surface area contributed by atoms with Crippen molar-refractivity contribution in [3.63, 3.8) is 0 Å². The monoisotopic (exact) mass is 311 g/mol. The number of hydrogen-bond acceptors (Lipinski definition) is 2. The Morgan fingerprint density at radius 1 is 1.36 bits per heavy atom. The standard InChI is InChI=1S/C16H20F3N3/c1-4-10(2)14-11(3)13(16(17,18)19)9-22(14)8-12-6-5-7-21-15(12)20/h5-7,9-10H,4,8H2,1-3H3,(H2,20,21). The van der Waals surface area contributed by atoms with Gasteiger partial charge in [-0.2, -0.15) is 13.2 Å². The highest BCUT2D eigenvalue weighted by Gasteiger charge is 2.36. The van der Waals surface area contributed by atoms with E-state index in [4.69, 9.17) is 5.73 Å². The summed E-state index contributed by atoms with van der Waals surface area (Å²) in [5, 5.41) is 0. The Balaban J connectivity index is 2.52. The molecule has 0 saturated heterocycles. The Kier molecular flexibility index (Phi) is 4.49. The van der Waals surface area contributed by atoms with Crippen molar-refractivity contribution >= 4 is 5.82 Å². The minimum Gasteiger partial charge on any atom is -0.383 e. The van der Waals surface area contributed by atoms with E-state index in [1.807, 2.05) is 13.8 Å². The quantitative estimate of drug-likeness (QED) is 0.912. The number of rotatable bonds is 4. The van der Waals surface area contributed by atoms with Crippen LogP contribution < -0.4 is 5.73 Å². The zero-order valence-corrected chi connectivity index (χ0v) is 12.9. The van der Waals surface area contributed by atoms with Crippen molar-refractivity contribution < 1.29 is 13.2 Å². The van der Waals surface area contributed by atoms with E-state index in [0.29, 0.717) is 17.1 Å². The fourth-order valence-corrected chi connectivity index (χ4v) is 2.71. The lowest BCUT2D eigenvalue weighted by Crippen LogP contribution is -2.09. The van der Waals surface area contributed by atoms with Gasteiger partial charge in [-0.3, -0.25) is 0 Å². The molecule has 1 atom stereocenters. The molecule has 2 aromatic rings. The van der Waals surface area contributed by atoms with Crippen LogP contribution in [0.1, 0.15) is 48.6 Å². The van der Waals surface area contributed by atoms with Gasteiger partial charge in [-0.1, -0.05) is 19.9 Å². The molecule has 2 rings (SSSR count). The maximum absolute atomic E-state index is 13.2. The van der Waals surface area contributed by atoms with Crippen LogP contribution in [0.4, 0.5) is 19.0 Å². The molecule has 6 heteroatoms. The topological polar surface area (TPSA) is 43.8 Å². The summed E-state index contributed by atoms with van der Waals surface area (Å²) >= 11 is 0. The van der Waals surface area contributed by atoms with E-state index in [-0.39, 0.29) is 12.5 Å². The summed E-state index contributed by atoms with van der Waals surface area (Å²) in [5.74, 6) is 0.381. The van der Waals surface area contributed by atoms with Crippen molar-refractivity contribution in [1.29, 1.82) is 0 Å². The number of anilines is 1. The number of nitrogens with two attached hydrogens (primary N) is 1. The summed E-state index contributed by atoms with van der Waals surface area (Å²) in [7, 11) is 0. The zero-order chi connectivity index (χ0) is 16.5. The van der Waals surface area contributed by atoms with E-state index in [1.54, 1.807) is 22.9 Å². The van der Waals surface area contributed by atoms with Crippen molar-refractivity contribution in [2.24, 2.45) is 0 Å². The van der Waals surface area contributed by atoms with Crippen LogP contribution in [-0.4, -0.2) is 9.55 Å². The van der Waals surface area contributed by atoms with E-state index in [2.05, 4.69) is 4.98 Å². The lowest BCUT2D eigenvalue weighted by Gasteiger charge is -2.16. The van der Waals surface area contributed by atoms with Crippen LogP contribution in [0.25, 0.3) is 0 Å². The van der Waals surface area contributed by atoms with Gasteiger partial charge in [-0.15, -0.1) is 0 Å². The number of halogens is 3. The molecule has 0 amide bonds. The molecule has 0 saturated carbocycles. The molecule has 2 aromatic heterocycles. The molecule has 1 unspecified atom stereocenters. The molecule has 0 bridgehead atoms. The van der Waals surface area contributed by atoms with Crippen molar-refractivity contribution in [3.8, 4) is 0 Å².